The Morgan fingerprint density at radius 3 is 2.45 bits per heavy atom. The molecule has 2 aromatic carbocycles. The molecule has 2 rings (SSSR count). The van der Waals surface area contributed by atoms with Gasteiger partial charge in [-0.15, -0.1) is 11.8 Å². The Hall–Kier alpha value is -1.69. The fraction of sp³-hybridized carbons (Fsp3) is 0.417. The van der Waals surface area contributed by atoms with Gasteiger partial charge in [0.25, 0.3) is 0 Å². The van der Waals surface area contributed by atoms with Crippen molar-refractivity contribution in [3.8, 4) is 0 Å². The van der Waals surface area contributed by atoms with Gasteiger partial charge in [0.15, 0.2) is 0 Å². The largest absolute Gasteiger partial charge is 0.352 e. The monoisotopic (exact) mass is 480 g/mol. The van der Waals surface area contributed by atoms with Crippen LogP contribution >= 0.6 is 35.0 Å². The molecule has 0 saturated heterocycles. The van der Waals surface area contributed by atoms with E-state index in [1.807, 2.05) is 51.1 Å². The molecule has 0 radical (unpaired) electrons. The molecule has 0 spiro atoms. The first kappa shape index (κ1) is 25.6. The highest BCUT2D eigenvalue weighted by Gasteiger charge is 2.27. The van der Waals surface area contributed by atoms with Crippen molar-refractivity contribution >= 4 is 46.8 Å². The van der Waals surface area contributed by atoms with Gasteiger partial charge in [0, 0.05) is 28.4 Å². The van der Waals surface area contributed by atoms with E-state index in [0.29, 0.717) is 22.3 Å². The molecular formula is C24H30Cl2N2O2S. The van der Waals surface area contributed by atoms with Crippen molar-refractivity contribution in [3.05, 3.63) is 69.2 Å². The van der Waals surface area contributed by atoms with Crippen LogP contribution in [0.3, 0.4) is 0 Å². The maximum Gasteiger partial charge on any atom is 0.242 e. The summed E-state index contributed by atoms with van der Waals surface area (Å²) in [6, 6.07) is 12.8. The zero-order chi connectivity index (χ0) is 23.0. The van der Waals surface area contributed by atoms with Crippen LogP contribution in [-0.2, 0) is 21.9 Å². The summed E-state index contributed by atoms with van der Waals surface area (Å²) in [5, 5.41) is 4.16. The zero-order valence-electron chi connectivity index (χ0n) is 18.5. The van der Waals surface area contributed by atoms with Crippen molar-refractivity contribution in [2.24, 2.45) is 0 Å². The maximum absolute atomic E-state index is 13.2. The minimum Gasteiger partial charge on any atom is -0.352 e. The maximum atomic E-state index is 13.2. The summed E-state index contributed by atoms with van der Waals surface area (Å²) >= 11 is 13.7. The molecule has 0 aliphatic heterocycles. The minimum absolute atomic E-state index is 0.0618. The van der Waals surface area contributed by atoms with Crippen LogP contribution in [0.2, 0.25) is 10.0 Å². The Bertz CT molecular complexity index is 907. The van der Waals surface area contributed by atoms with Crippen LogP contribution in [0.1, 0.15) is 43.9 Å². The van der Waals surface area contributed by atoms with Gasteiger partial charge in [0.1, 0.15) is 6.04 Å². The molecule has 0 saturated carbocycles. The van der Waals surface area contributed by atoms with Crippen LogP contribution in [0, 0.1) is 6.92 Å². The number of rotatable bonds is 10. The van der Waals surface area contributed by atoms with Crippen molar-refractivity contribution in [2.45, 2.75) is 58.5 Å². The fourth-order valence-corrected chi connectivity index (χ4v) is 4.46. The third-order valence-corrected chi connectivity index (χ3v) is 6.82. The van der Waals surface area contributed by atoms with Crippen LogP contribution in [0.15, 0.2) is 42.5 Å². The summed E-state index contributed by atoms with van der Waals surface area (Å²) in [6.07, 6.45) is 0.835. The summed E-state index contributed by atoms with van der Waals surface area (Å²) < 4.78 is 0. The van der Waals surface area contributed by atoms with Crippen molar-refractivity contribution in [2.75, 3.05) is 5.75 Å². The van der Waals surface area contributed by atoms with Crippen LogP contribution in [0.25, 0.3) is 0 Å². The number of amides is 2. The molecular weight excluding hydrogens is 451 g/mol. The summed E-state index contributed by atoms with van der Waals surface area (Å²) in [4.78, 5) is 27.6. The van der Waals surface area contributed by atoms with E-state index in [1.165, 1.54) is 11.8 Å². The Balaban J connectivity index is 2.11. The molecule has 0 aliphatic rings. The smallest absolute Gasteiger partial charge is 0.242 e. The predicted octanol–water partition coefficient (Wildman–Crippen LogP) is 5.87. The normalized spacial score (nSPS) is 12.8. The molecule has 0 aromatic heterocycles. The van der Waals surface area contributed by atoms with E-state index in [-0.39, 0.29) is 23.6 Å². The third-order valence-electron chi connectivity index (χ3n) is 5.27. The highest BCUT2D eigenvalue weighted by atomic mass is 35.5. The van der Waals surface area contributed by atoms with Crippen molar-refractivity contribution in [1.29, 1.82) is 0 Å². The first-order chi connectivity index (χ1) is 14.7. The molecule has 2 amide bonds. The summed E-state index contributed by atoms with van der Waals surface area (Å²) in [7, 11) is 0. The van der Waals surface area contributed by atoms with E-state index in [9.17, 15) is 9.59 Å². The van der Waals surface area contributed by atoms with Gasteiger partial charge in [-0.3, -0.25) is 9.59 Å². The van der Waals surface area contributed by atoms with Crippen molar-refractivity contribution in [1.82, 2.24) is 10.2 Å². The van der Waals surface area contributed by atoms with Gasteiger partial charge >= 0.3 is 0 Å². The number of nitrogens with one attached hydrogen (secondary N) is 1. The summed E-state index contributed by atoms with van der Waals surface area (Å²) in [5.41, 5.74) is 3.05. The van der Waals surface area contributed by atoms with Gasteiger partial charge in [-0.05, 0) is 56.0 Å². The third kappa shape index (κ3) is 7.74. The minimum atomic E-state index is -0.569. The topological polar surface area (TPSA) is 49.4 Å². The standard InChI is InChI=1S/C24H30Cl2N2O2S/c1-5-17(3)27-24(30)18(4)28(13-19-9-7-6-8-16(19)2)23(29)15-31-14-20-10-11-21(25)12-22(20)26/h6-12,17-18H,5,13-15H2,1-4H3,(H,27,30)/t17-,18+/m1/s1. The van der Waals surface area contributed by atoms with Gasteiger partial charge in [-0.25, -0.2) is 0 Å². The van der Waals surface area contributed by atoms with Crippen molar-refractivity contribution < 1.29 is 9.59 Å². The van der Waals surface area contributed by atoms with Crippen LogP contribution < -0.4 is 5.32 Å². The molecule has 0 aliphatic carbocycles. The number of benzene rings is 2. The van der Waals surface area contributed by atoms with Crippen LogP contribution in [-0.4, -0.2) is 34.6 Å². The van der Waals surface area contributed by atoms with Crippen LogP contribution in [0.5, 0.6) is 0 Å². The Labute approximate surface area is 199 Å². The molecule has 0 fully saturated rings. The Morgan fingerprint density at radius 1 is 1.10 bits per heavy atom. The molecule has 0 unspecified atom stereocenters. The highest BCUT2D eigenvalue weighted by Crippen LogP contribution is 2.25. The van der Waals surface area contributed by atoms with E-state index < -0.39 is 6.04 Å². The number of halogens is 2. The molecule has 7 heteroatoms. The second-order valence-electron chi connectivity index (χ2n) is 7.67. The lowest BCUT2D eigenvalue weighted by atomic mass is 10.1. The Kier molecular flexibility index (Phi) is 10.2. The molecule has 31 heavy (non-hydrogen) atoms. The second kappa shape index (κ2) is 12.4. The average molecular weight is 481 g/mol. The number of hydrogen-bond acceptors (Lipinski definition) is 3. The van der Waals surface area contributed by atoms with Gasteiger partial charge in [-0.1, -0.05) is 60.5 Å². The van der Waals surface area contributed by atoms with E-state index in [4.69, 9.17) is 23.2 Å². The molecule has 0 heterocycles. The summed E-state index contributed by atoms with van der Waals surface area (Å²) in [6.45, 7) is 8.17. The first-order valence-corrected chi connectivity index (χ1v) is 12.3. The van der Waals surface area contributed by atoms with Gasteiger partial charge in [0.2, 0.25) is 11.8 Å². The summed E-state index contributed by atoms with van der Waals surface area (Å²) in [5.74, 6) is 0.631. The van der Waals surface area contributed by atoms with Gasteiger partial charge in [0.05, 0.1) is 5.75 Å². The van der Waals surface area contributed by atoms with E-state index in [2.05, 4.69) is 5.32 Å². The lowest BCUT2D eigenvalue weighted by Crippen LogP contribution is -2.50. The van der Waals surface area contributed by atoms with Crippen molar-refractivity contribution in [3.63, 3.8) is 0 Å². The number of aryl methyl sites for hydroxylation is 1. The molecule has 168 valence electrons. The highest BCUT2D eigenvalue weighted by molar-refractivity contribution is 7.99. The van der Waals surface area contributed by atoms with E-state index >= 15 is 0 Å². The second-order valence-corrected chi connectivity index (χ2v) is 9.50. The lowest BCUT2D eigenvalue weighted by molar-refractivity contribution is -0.138. The number of carbonyl (C=O) groups excluding carboxylic acids is 2. The fourth-order valence-electron chi connectivity index (χ4n) is 2.99. The number of hydrogen-bond donors (Lipinski definition) is 1. The SMILES string of the molecule is CC[C@@H](C)NC(=O)[C@H](C)N(Cc1ccccc1C)C(=O)CSCc1ccc(Cl)cc1Cl. The first-order valence-electron chi connectivity index (χ1n) is 10.4. The molecule has 0 bridgehead atoms. The van der Waals surface area contributed by atoms with E-state index in [0.717, 1.165) is 23.1 Å². The van der Waals surface area contributed by atoms with Crippen LogP contribution in [0.4, 0.5) is 0 Å². The quantitative estimate of drug-likeness (QED) is 0.462. The Morgan fingerprint density at radius 2 is 1.81 bits per heavy atom. The molecule has 1 N–H and O–H groups in total. The number of carbonyl (C=O) groups is 2. The zero-order valence-corrected chi connectivity index (χ0v) is 20.8. The molecule has 2 aromatic rings. The number of thioether (sulfide) groups is 1. The molecule has 4 nitrogen and oxygen atoms in total. The average Bonchev–Trinajstić information content (AvgIpc) is 2.73. The predicted molar refractivity (Wildman–Crippen MR) is 132 cm³/mol. The molecule has 2 atom stereocenters. The van der Waals surface area contributed by atoms with Gasteiger partial charge < -0.3 is 10.2 Å². The lowest BCUT2D eigenvalue weighted by Gasteiger charge is -2.30. The van der Waals surface area contributed by atoms with E-state index in [1.54, 1.807) is 24.0 Å². The number of nitrogens with zero attached hydrogens (tertiary/aromatic N) is 1. The van der Waals surface area contributed by atoms with Gasteiger partial charge in [-0.2, -0.15) is 0 Å².